The van der Waals surface area contributed by atoms with E-state index in [2.05, 4.69) is 10.3 Å². The molecule has 100 valence electrons. The molecule has 1 heterocycles. The van der Waals surface area contributed by atoms with Crippen LogP contribution in [0, 0.1) is 0 Å². The Morgan fingerprint density at radius 1 is 1.42 bits per heavy atom. The molecule has 4 N–H and O–H groups in total. The van der Waals surface area contributed by atoms with Crippen LogP contribution >= 0.6 is 0 Å². The van der Waals surface area contributed by atoms with Crippen molar-refractivity contribution in [3.05, 3.63) is 30.0 Å². The van der Waals surface area contributed by atoms with Crippen LogP contribution in [-0.4, -0.2) is 30.1 Å². The van der Waals surface area contributed by atoms with E-state index in [1.165, 1.54) is 0 Å². The molecule has 0 saturated heterocycles. The summed E-state index contributed by atoms with van der Waals surface area (Å²) in [5.74, 6) is 0.676. The van der Waals surface area contributed by atoms with Gasteiger partial charge in [-0.1, -0.05) is 0 Å². The highest BCUT2D eigenvalue weighted by Gasteiger charge is 2.29. The Kier molecular flexibility index (Phi) is 2.91. The van der Waals surface area contributed by atoms with Gasteiger partial charge in [-0.3, -0.25) is 4.79 Å². The summed E-state index contributed by atoms with van der Waals surface area (Å²) in [7, 11) is 1.62. The molecule has 2 atom stereocenters. The lowest BCUT2D eigenvalue weighted by Gasteiger charge is -2.33. The van der Waals surface area contributed by atoms with E-state index >= 15 is 0 Å². The Morgan fingerprint density at radius 3 is 2.89 bits per heavy atom. The highest BCUT2D eigenvalue weighted by molar-refractivity contribution is 5.98. The number of amides is 1. The summed E-state index contributed by atoms with van der Waals surface area (Å²) < 4.78 is 5.17. The van der Waals surface area contributed by atoms with E-state index in [1.54, 1.807) is 7.11 Å². The molecule has 2 aromatic rings. The average molecular weight is 259 g/mol. The van der Waals surface area contributed by atoms with Crippen LogP contribution in [0.1, 0.15) is 23.3 Å². The Bertz CT molecular complexity index is 620. The molecule has 0 spiro atoms. The number of aromatic nitrogens is 1. The van der Waals surface area contributed by atoms with Gasteiger partial charge < -0.3 is 20.8 Å². The second kappa shape index (κ2) is 4.59. The normalized spacial score (nSPS) is 22.0. The van der Waals surface area contributed by atoms with Crippen LogP contribution in [0.25, 0.3) is 10.9 Å². The topological polar surface area (TPSA) is 80.1 Å². The van der Waals surface area contributed by atoms with Gasteiger partial charge in [0.25, 0.3) is 5.91 Å². The summed E-state index contributed by atoms with van der Waals surface area (Å²) in [6.45, 7) is 0. The van der Waals surface area contributed by atoms with E-state index in [0.29, 0.717) is 5.69 Å². The number of nitrogens with two attached hydrogens (primary N) is 1. The molecular weight excluding hydrogens is 242 g/mol. The fourth-order valence-corrected chi connectivity index (χ4v) is 2.31. The van der Waals surface area contributed by atoms with Crippen molar-refractivity contribution in [2.24, 2.45) is 5.73 Å². The van der Waals surface area contributed by atoms with E-state index < -0.39 is 0 Å². The zero-order valence-electron chi connectivity index (χ0n) is 10.8. The number of carbonyl (C=O) groups excluding carboxylic acids is 1. The number of nitrogens with one attached hydrogen (secondary N) is 2. The lowest BCUT2D eigenvalue weighted by Crippen LogP contribution is -2.54. The molecule has 1 aliphatic carbocycles. The van der Waals surface area contributed by atoms with Crippen molar-refractivity contribution in [1.29, 1.82) is 0 Å². The van der Waals surface area contributed by atoms with Gasteiger partial charge in [0, 0.05) is 23.0 Å². The van der Waals surface area contributed by atoms with Gasteiger partial charge in [0.15, 0.2) is 0 Å². The second-order valence-corrected chi connectivity index (χ2v) is 4.96. The molecule has 5 heteroatoms. The third kappa shape index (κ3) is 2.17. The van der Waals surface area contributed by atoms with E-state index in [-0.39, 0.29) is 18.0 Å². The third-order valence-corrected chi connectivity index (χ3v) is 3.72. The monoisotopic (exact) mass is 259 g/mol. The first-order chi connectivity index (χ1) is 9.17. The molecule has 1 aromatic heterocycles. The van der Waals surface area contributed by atoms with Gasteiger partial charge in [-0.15, -0.1) is 0 Å². The molecule has 1 fully saturated rings. The second-order valence-electron chi connectivity index (χ2n) is 4.96. The fourth-order valence-electron chi connectivity index (χ4n) is 2.31. The molecule has 1 aliphatic rings. The Morgan fingerprint density at radius 2 is 2.26 bits per heavy atom. The first-order valence-electron chi connectivity index (χ1n) is 6.40. The van der Waals surface area contributed by atoms with Gasteiger partial charge in [-0.05, 0) is 37.1 Å². The van der Waals surface area contributed by atoms with Crippen molar-refractivity contribution in [2.75, 3.05) is 7.11 Å². The lowest BCUT2D eigenvalue weighted by molar-refractivity contribution is 0.0901. The maximum Gasteiger partial charge on any atom is 0.268 e. The van der Waals surface area contributed by atoms with Gasteiger partial charge in [-0.25, -0.2) is 0 Å². The number of benzene rings is 1. The summed E-state index contributed by atoms with van der Waals surface area (Å²) in [5, 5.41) is 3.91. The van der Waals surface area contributed by atoms with Crippen LogP contribution in [0.15, 0.2) is 24.3 Å². The Labute approximate surface area is 111 Å². The van der Waals surface area contributed by atoms with Gasteiger partial charge in [0.1, 0.15) is 11.4 Å². The largest absolute Gasteiger partial charge is 0.497 e. The fraction of sp³-hybridized carbons (Fsp3) is 0.357. The molecule has 1 amide bonds. The summed E-state index contributed by atoms with van der Waals surface area (Å²) >= 11 is 0. The predicted octanol–water partition coefficient (Wildman–Crippen LogP) is 1.40. The number of ether oxygens (including phenoxy) is 1. The van der Waals surface area contributed by atoms with Gasteiger partial charge in [0.05, 0.1) is 7.11 Å². The third-order valence-electron chi connectivity index (χ3n) is 3.72. The van der Waals surface area contributed by atoms with E-state index in [4.69, 9.17) is 10.5 Å². The van der Waals surface area contributed by atoms with Gasteiger partial charge in [0.2, 0.25) is 0 Å². The van der Waals surface area contributed by atoms with Crippen molar-refractivity contribution in [3.8, 4) is 5.75 Å². The quantitative estimate of drug-likeness (QED) is 0.779. The number of H-pyrrole nitrogens is 1. The van der Waals surface area contributed by atoms with Crippen LogP contribution in [0.4, 0.5) is 0 Å². The minimum atomic E-state index is -0.102. The molecular formula is C14H17N3O2. The average Bonchev–Trinajstić information content (AvgIpc) is 2.85. The lowest BCUT2D eigenvalue weighted by atomic mass is 9.87. The first kappa shape index (κ1) is 12.0. The van der Waals surface area contributed by atoms with Crippen molar-refractivity contribution < 1.29 is 9.53 Å². The standard InChI is InChI=1S/C14H17N3O2/c1-19-9-2-4-11-8(6-9)7-13(16-11)14(18)17-12-5-3-10(12)15/h2,4,6-7,10,12,16H,3,5,15H2,1H3,(H,17,18)/t10-,12+/m1/s1. The van der Waals surface area contributed by atoms with Crippen LogP contribution < -0.4 is 15.8 Å². The molecule has 0 radical (unpaired) electrons. The molecule has 19 heavy (non-hydrogen) atoms. The number of hydrogen-bond donors (Lipinski definition) is 3. The number of methoxy groups -OCH3 is 1. The van der Waals surface area contributed by atoms with E-state index in [0.717, 1.165) is 29.5 Å². The maximum atomic E-state index is 12.1. The molecule has 1 aromatic carbocycles. The number of aromatic amines is 1. The number of carbonyl (C=O) groups is 1. The van der Waals surface area contributed by atoms with Crippen LogP contribution in [-0.2, 0) is 0 Å². The minimum Gasteiger partial charge on any atom is -0.497 e. The van der Waals surface area contributed by atoms with Crippen LogP contribution in [0.2, 0.25) is 0 Å². The molecule has 3 rings (SSSR count). The maximum absolute atomic E-state index is 12.1. The van der Waals surface area contributed by atoms with Gasteiger partial charge in [-0.2, -0.15) is 0 Å². The van der Waals surface area contributed by atoms with Crippen molar-refractivity contribution in [2.45, 2.75) is 24.9 Å². The zero-order valence-corrected chi connectivity index (χ0v) is 10.8. The number of rotatable bonds is 3. The summed E-state index contributed by atoms with van der Waals surface area (Å²) in [6.07, 6.45) is 1.94. The molecule has 0 bridgehead atoms. The SMILES string of the molecule is COc1ccc2[nH]c(C(=O)N[C@H]3CC[C@H]3N)cc2c1. The highest BCUT2D eigenvalue weighted by atomic mass is 16.5. The van der Waals surface area contributed by atoms with E-state index in [9.17, 15) is 4.79 Å². The van der Waals surface area contributed by atoms with Crippen molar-refractivity contribution in [1.82, 2.24) is 10.3 Å². The van der Waals surface area contributed by atoms with Crippen molar-refractivity contribution in [3.63, 3.8) is 0 Å². The Balaban J connectivity index is 1.82. The molecule has 0 unspecified atom stereocenters. The number of fused-ring (bicyclic) bond motifs is 1. The first-order valence-corrected chi connectivity index (χ1v) is 6.40. The van der Waals surface area contributed by atoms with Crippen LogP contribution in [0.3, 0.4) is 0 Å². The highest BCUT2D eigenvalue weighted by Crippen LogP contribution is 2.22. The zero-order chi connectivity index (χ0) is 13.4. The summed E-state index contributed by atoms with van der Waals surface area (Å²) in [5.41, 5.74) is 7.30. The summed E-state index contributed by atoms with van der Waals surface area (Å²) in [6, 6.07) is 7.69. The molecule has 5 nitrogen and oxygen atoms in total. The van der Waals surface area contributed by atoms with E-state index in [1.807, 2.05) is 24.3 Å². The Hall–Kier alpha value is -2.01. The number of hydrogen-bond acceptors (Lipinski definition) is 3. The van der Waals surface area contributed by atoms with Gasteiger partial charge >= 0.3 is 0 Å². The van der Waals surface area contributed by atoms with Crippen LogP contribution in [0.5, 0.6) is 5.75 Å². The minimum absolute atomic E-state index is 0.0911. The summed E-state index contributed by atoms with van der Waals surface area (Å²) in [4.78, 5) is 15.2. The van der Waals surface area contributed by atoms with Crippen molar-refractivity contribution >= 4 is 16.8 Å². The predicted molar refractivity (Wildman–Crippen MR) is 73.3 cm³/mol. The molecule has 0 aliphatic heterocycles. The molecule has 1 saturated carbocycles. The smallest absolute Gasteiger partial charge is 0.268 e.